The van der Waals surface area contributed by atoms with Crippen LogP contribution in [0.3, 0.4) is 0 Å². The minimum atomic E-state index is -0.509. The molecule has 5 rings (SSSR count). The Labute approximate surface area is 198 Å². The van der Waals surface area contributed by atoms with Gasteiger partial charge in [0.1, 0.15) is 18.0 Å². The number of ether oxygens (including phenoxy) is 2. The quantitative estimate of drug-likeness (QED) is 0.688. The third-order valence-corrected chi connectivity index (χ3v) is 6.94. The number of piperazine rings is 1. The average molecular weight is 467 g/mol. The van der Waals surface area contributed by atoms with Gasteiger partial charge in [0.2, 0.25) is 5.91 Å². The first kappa shape index (κ1) is 22.8. The number of aliphatic hydroxyl groups excluding tert-OH is 1. The molecule has 2 N–H and O–H groups in total. The highest BCUT2D eigenvalue weighted by molar-refractivity contribution is 6.04. The molecule has 0 saturated carbocycles. The normalized spacial score (nSPS) is 26.4. The highest BCUT2D eigenvalue weighted by Crippen LogP contribution is 2.47. The van der Waals surface area contributed by atoms with Crippen LogP contribution in [0.2, 0.25) is 0 Å². The molecule has 4 heterocycles. The lowest BCUT2D eigenvalue weighted by atomic mass is 9.84. The van der Waals surface area contributed by atoms with E-state index >= 15 is 0 Å². The van der Waals surface area contributed by atoms with Gasteiger partial charge in [0, 0.05) is 55.7 Å². The van der Waals surface area contributed by atoms with Crippen LogP contribution in [-0.4, -0.2) is 89.9 Å². The molecule has 2 aromatic rings. The number of likely N-dealkylation sites (N-methyl/N-ethyl adjacent to an activating group) is 1. The van der Waals surface area contributed by atoms with Crippen LogP contribution in [0.4, 0.5) is 5.69 Å². The molecular formula is C25H30N4O5. The van der Waals surface area contributed by atoms with Crippen molar-refractivity contribution in [1.29, 1.82) is 0 Å². The fourth-order valence-corrected chi connectivity index (χ4v) is 5.05. The number of hydrogen-bond donors (Lipinski definition) is 2. The summed E-state index contributed by atoms with van der Waals surface area (Å²) in [5.74, 6) is 0.549. The number of nitrogens with zero attached hydrogens (tertiary/aromatic N) is 3. The summed E-state index contributed by atoms with van der Waals surface area (Å²) >= 11 is 0. The molecule has 4 atom stereocenters. The van der Waals surface area contributed by atoms with Gasteiger partial charge >= 0.3 is 0 Å². The van der Waals surface area contributed by atoms with Gasteiger partial charge in [-0.2, -0.15) is 0 Å². The van der Waals surface area contributed by atoms with Crippen molar-refractivity contribution in [2.24, 2.45) is 0 Å². The van der Waals surface area contributed by atoms with Crippen LogP contribution in [-0.2, 0) is 9.53 Å². The topological polar surface area (TPSA) is 104 Å². The summed E-state index contributed by atoms with van der Waals surface area (Å²) in [5.41, 5.74) is 2.10. The molecule has 2 fully saturated rings. The van der Waals surface area contributed by atoms with Crippen LogP contribution in [0.15, 0.2) is 42.7 Å². The molecule has 180 valence electrons. The number of carbonyl (C=O) groups is 2. The van der Waals surface area contributed by atoms with E-state index in [0.717, 1.165) is 37.5 Å². The SMILES string of the molecule is CN1CCN(C(=O)C[C@H]2C[C@H]3c4cc(NC(=O)c5cccnc5)ccc4O[C@H]3[C@@H](CO)O2)CC1. The van der Waals surface area contributed by atoms with Gasteiger partial charge < -0.3 is 29.7 Å². The van der Waals surface area contributed by atoms with Gasteiger partial charge in [-0.15, -0.1) is 0 Å². The van der Waals surface area contributed by atoms with E-state index in [1.165, 1.54) is 6.20 Å². The van der Waals surface area contributed by atoms with Crippen molar-refractivity contribution in [3.63, 3.8) is 0 Å². The molecule has 2 saturated heterocycles. The van der Waals surface area contributed by atoms with Crippen LogP contribution < -0.4 is 10.1 Å². The number of nitrogens with one attached hydrogen (secondary N) is 1. The second-order valence-electron chi connectivity index (χ2n) is 9.24. The Bertz CT molecular complexity index is 1040. The van der Waals surface area contributed by atoms with E-state index in [4.69, 9.17) is 9.47 Å². The van der Waals surface area contributed by atoms with Gasteiger partial charge in [-0.1, -0.05) is 0 Å². The fourth-order valence-electron chi connectivity index (χ4n) is 5.05. The van der Waals surface area contributed by atoms with Crippen LogP contribution >= 0.6 is 0 Å². The third kappa shape index (κ3) is 4.64. The molecule has 1 aromatic heterocycles. The smallest absolute Gasteiger partial charge is 0.257 e. The standard InChI is InChI=1S/C25H30N4O5/c1-28-7-9-29(10-8-28)23(31)13-18-12-20-19-11-17(27-25(32)16-3-2-6-26-14-16)4-5-21(19)34-24(20)22(15-30)33-18/h2-6,11,14,18,20,22,24,30H,7-10,12-13,15H2,1H3,(H,27,32)/t18-,20+,22-,24-/m1/s1. The summed E-state index contributed by atoms with van der Waals surface area (Å²) in [5, 5.41) is 12.9. The first-order valence-electron chi connectivity index (χ1n) is 11.8. The van der Waals surface area contributed by atoms with Crippen molar-refractivity contribution in [2.75, 3.05) is 45.2 Å². The number of aliphatic hydroxyl groups is 1. The van der Waals surface area contributed by atoms with Gasteiger partial charge in [-0.05, 0) is 43.8 Å². The predicted molar refractivity (Wildman–Crippen MR) is 125 cm³/mol. The Morgan fingerprint density at radius 1 is 1.21 bits per heavy atom. The first-order valence-corrected chi connectivity index (χ1v) is 11.8. The maximum atomic E-state index is 12.9. The minimum Gasteiger partial charge on any atom is -0.487 e. The van der Waals surface area contributed by atoms with E-state index in [-0.39, 0.29) is 43.0 Å². The maximum absolute atomic E-state index is 12.9. The van der Waals surface area contributed by atoms with Crippen molar-refractivity contribution in [1.82, 2.24) is 14.8 Å². The lowest BCUT2D eigenvalue weighted by molar-refractivity contribution is -0.150. The number of hydrogen-bond acceptors (Lipinski definition) is 7. The van der Waals surface area contributed by atoms with Crippen LogP contribution in [0.25, 0.3) is 0 Å². The molecule has 9 nitrogen and oxygen atoms in total. The largest absolute Gasteiger partial charge is 0.487 e. The molecule has 3 aliphatic rings. The van der Waals surface area contributed by atoms with Gasteiger partial charge in [0.25, 0.3) is 5.91 Å². The lowest BCUT2D eigenvalue weighted by Gasteiger charge is -2.38. The molecule has 9 heteroatoms. The molecule has 1 aromatic carbocycles. The highest BCUT2D eigenvalue weighted by atomic mass is 16.6. The van der Waals surface area contributed by atoms with E-state index in [2.05, 4.69) is 22.2 Å². The Morgan fingerprint density at radius 2 is 2.03 bits per heavy atom. The molecule has 0 aliphatic carbocycles. The molecule has 0 unspecified atom stereocenters. The highest BCUT2D eigenvalue weighted by Gasteiger charge is 2.46. The monoisotopic (exact) mass is 466 g/mol. The number of aromatic nitrogens is 1. The zero-order valence-electron chi connectivity index (χ0n) is 19.2. The molecule has 2 amide bonds. The van der Waals surface area contributed by atoms with Crippen molar-refractivity contribution in [2.45, 2.75) is 37.1 Å². The van der Waals surface area contributed by atoms with Gasteiger partial charge in [-0.3, -0.25) is 14.6 Å². The number of benzene rings is 1. The Morgan fingerprint density at radius 3 is 2.76 bits per heavy atom. The summed E-state index contributed by atoms with van der Waals surface area (Å²) in [6.07, 6.45) is 2.92. The second-order valence-corrected chi connectivity index (χ2v) is 9.24. The van der Waals surface area contributed by atoms with E-state index < -0.39 is 6.10 Å². The van der Waals surface area contributed by atoms with Gasteiger partial charge in [0.15, 0.2) is 0 Å². The number of carbonyl (C=O) groups excluding carboxylic acids is 2. The number of pyridine rings is 1. The van der Waals surface area contributed by atoms with E-state index in [0.29, 0.717) is 17.7 Å². The first-order chi connectivity index (χ1) is 16.5. The number of anilines is 1. The molecule has 3 aliphatic heterocycles. The Kier molecular flexibility index (Phi) is 6.49. The molecule has 0 radical (unpaired) electrons. The minimum absolute atomic E-state index is 0.0265. The number of rotatable bonds is 5. The lowest BCUT2D eigenvalue weighted by Crippen LogP contribution is -2.50. The van der Waals surface area contributed by atoms with Crippen LogP contribution in [0, 0.1) is 0 Å². The van der Waals surface area contributed by atoms with Crippen molar-refractivity contribution in [3.8, 4) is 5.75 Å². The zero-order chi connectivity index (χ0) is 23.7. The van der Waals surface area contributed by atoms with E-state index in [9.17, 15) is 14.7 Å². The Balaban J connectivity index is 1.30. The van der Waals surface area contributed by atoms with Crippen molar-refractivity contribution < 1.29 is 24.2 Å². The van der Waals surface area contributed by atoms with Crippen molar-refractivity contribution >= 4 is 17.5 Å². The summed E-state index contributed by atoms with van der Waals surface area (Å²) in [7, 11) is 2.06. The summed E-state index contributed by atoms with van der Waals surface area (Å²) < 4.78 is 12.2. The molecule has 34 heavy (non-hydrogen) atoms. The Hall–Kier alpha value is -3.01. The average Bonchev–Trinajstić information content (AvgIpc) is 3.22. The summed E-state index contributed by atoms with van der Waals surface area (Å²) in [6, 6.07) is 8.99. The molecular weight excluding hydrogens is 436 g/mol. The summed E-state index contributed by atoms with van der Waals surface area (Å²) in [6.45, 7) is 3.01. The number of amides is 2. The third-order valence-electron chi connectivity index (χ3n) is 6.94. The van der Waals surface area contributed by atoms with Crippen molar-refractivity contribution in [3.05, 3.63) is 53.9 Å². The second kappa shape index (κ2) is 9.69. The van der Waals surface area contributed by atoms with Gasteiger partial charge in [-0.25, -0.2) is 0 Å². The van der Waals surface area contributed by atoms with Crippen LogP contribution in [0.5, 0.6) is 5.75 Å². The zero-order valence-corrected chi connectivity index (χ0v) is 19.2. The molecule has 0 bridgehead atoms. The molecule has 0 spiro atoms. The summed E-state index contributed by atoms with van der Waals surface area (Å²) in [4.78, 5) is 33.6. The van der Waals surface area contributed by atoms with E-state index in [1.807, 2.05) is 17.0 Å². The van der Waals surface area contributed by atoms with Gasteiger partial charge in [0.05, 0.1) is 24.7 Å². The predicted octanol–water partition coefficient (Wildman–Crippen LogP) is 1.49. The number of fused-ring (bicyclic) bond motifs is 3. The maximum Gasteiger partial charge on any atom is 0.257 e. The van der Waals surface area contributed by atoms with E-state index in [1.54, 1.807) is 24.4 Å². The fraction of sp³-hybridized carbons (Fsp3) is 0.480. The van der Waals surface area contributed by atoms with Crippen LogP contribution in [0.1, 0.15) is 34.7 Å².